The molecule has 1 aromatic heterocycles. The number of amides is 1. The molecule has 2 heterocycles. The predicted octanol–water partition coefficient (Wildman–Crippen LogP) is 1.54. The van der Waals surface area contributed by atoms with E-state index >= 15 is 0 Å². The van der Waals surface area contributed by atoms with Crippen LogP contribution in [-0.4, -0.2) is 36.6 Å². The van der Waals surface area contributed by atoms with Gasteiger partial charge in [0.25, 0.3) is 0 Å². The average Bonchev–Trinajstić information content (AvgIpc) is 3.46. The molecule has 130 valence electrons. The number of benzene rings is 1. The van der Waals surface area contributed by atoms with E-state index in [1.54, 1.807) is 25.4 Å². The van der Waals surface area contributed by atoms with Crippen LogP contribution < -0.4 is 11.2 Å². The summed E-state index contributed by atoms with van der Waals surface area (Å²) in [6.45, 7) is 1.89. The minimum atomic E-state index is -0.913. The first kappa shape index (κ1) is 16.8. The zero-order chi connectivity index (χ0) is 18.5. The van der Waals surface area contributed by atoms with Crippen molar-refractivity contribution in [3.63, 3.8) is 0 Å². The SMILES string of the molecule is [B]c1ccnc([C@@]2(C)N=C(N)N(C)C(=O)[C@H]2c2ccc(C3CC3)cc2)c1. The number of nitrogens with two attached hydrogens (primary N) is 1. The lowest BCUT2D eigenvalue weighted by atomic mass is 9.75. The summed E-state index contributed by atoms with van der Waals surface area (Å²) in [4.78, 5) is 23.7. The molecule has 1 aliphatic heterocycles. The number of pyridine rings is 1. The first-order chi connectivity index (χ1) is 12.4. The van der Waals surface area contributed by atoms with E-state index in [9.17, 15) is 4.79 Å². The van der Waals surface area contributed by atoms with Crippen LogP contribution in [-0.2, 0) is 10.3 Å². The topological polar surface area (TPSA) is 71.6 Å². The number of guanidine groups is 1. The molecule has 2 radical (unpaired) electrons. The predicted molar refractivity (Wildman–Crippen MR) is 103 cm³/mol. The monoisotopic (exact) mass is 344 g/mol. The van der Waals surface area contributed by atoms with E-state index in [4.69, 9.17) is 13.6 Å². The maximum absolute atomic E-state index is 13.1. The van der Waals surface area contributed by atoms with E-state index < -0.39 is 11.5 Å². The highest BCUT2D eigenvalue weighted by Crippen LogP contribution is 2.44. The summed E-state index contributed by atoms with van der Waals surface area (Å²) in [5.41, 5.74) is 8.58. The third-order valence-electron chi connectivity index (χ3n) is 5.45. The third kappa shape index (κ3) is 2.70. The molecule has 1 fully saturated rings. The average molecular weight is 344 g/mol. The lowest BCUT2D eigenvalue weighted by Gasteiger charge is -2.40. The first-order valence-electron chi connectivity index (χ1n) is 8.85. The third-order valence-corrected chi connectivity index (χ3v) is 5.45. The Morgan fingerprint density at radius 1 is 1.19 bits per heavy atom. The molecule has 0 saturated heterocycles. The van der Waals surface area contributed by atoms with Crippen LogP contribution in [0.4, 0.5) is 0 Å². The molecule has 6 heteroatoms. The second kappa shape index (κ2) is 5.97. The Balaban J connectivity index is 1.84. The van der Waals surface area contributed by atoms with Gasteiger partial charge >= 0.3 is 0 Å². The first-order valence-corrected chi connectivity index (χ1v) is 8.85. The summed E-state index contributed by atoms with van der Waals surface area (Å²) >= 11 is 0. The van der Waals surface area contributed by atoms with Gasteiger partial charge in [0.15, 0.2) is 5.96 Å². The second-order valence-electron chi connectivity index (χ2n) is 7.36. The molecule has 4 rings (SSSR count). The molecule has 2 aliphatic rings. The highest BCUT2D eigenvalue weighted by molar-refractivity contribution is 6.32. The van der Waals surface area contributed by atoms with Crippen molar-refractivity contribution >= 4 is 25.2 Å². The van der Waals surface area contributed by atoms with Gasteiger partial charge in [-0.2, -0.15) is 0 Å². The molecule has 0 bridgehead atoms. The van der Waals surface area contributed by atoms with Gasteiger partial charge < -0.3 is 5.73 Å². The molecule has 2 aromatic rings. The quantitative estimate of drug-likeness (QED) is 0.859. The lowest BCUT2D eigenvalue weighted by Crippen LogP contribution is -2.52. The number of aliphatic imine (C=N–C) groups is 1. The van der Waals surface area contributed by atoms with Crippen molar-refractivity contribution in [2.75, 3.05) is 7.05 Å². The summed E-state index contributed by atoms with van der Waals surface area (Å²) in [6.07, 6.45) is 4.13. The van der Waals surface area contributed by atoms with Gasteiger partial charge in [0.2, 0.25) is 5.91 Å². The Morgan fingerprint density at radius 2 is 1.85 bits per heavy atom. The molecule has 0 unspecified atom stereocenters. The maximum atomic E-state index is 13.1. The van der Waals surface area contributed by atoms with Gasteiger partial charge in [-0.15, -0.1) is 0 Å². The van der Waals surface area contributed by atoms with Crippen LogP contribution in [0.5, 0.6) is 0 Å². The van der Waals surface area contributed by atoms with Crippen LogP contribution >= 0.6 is 0 Å². The Bertz CT molecular complexity index is 891. The van der Waals surface area contributed by atoms with Crippen LogP contribution in [0.3, 0.4) is 0 Å². The van der Waals surface area contributed by atoms with E-state index in [-0.39, 0.29) is 11.9 Å². The van der Waals surface area contributed by atoms with Gasteiger partial charge in [0.05, 0.1) is 11.6 Å². The maximum Gasteiger partial charge on any atom is 0.239 e. The molecule has 1 aliphatic carbocycles. The number of rotatable bonds is 3. The summed E-state index contributed by atoms with van der Waals surface area (Å²) in [6, 6.07) is 11.8. The van der Waals surface area contributed by atoms with Gasteiger partial charge in [0, 0.05) is 13.2 Å². The van der Waals surface area contributed by atoms with Gasteiger partial charge in [-0.25, -0.2) is 4.99 Å². The molecule has 1 saturated carbocycles. The van der Waals surface area contributed by atoms with E-state index in [1.807, 2.05) is 19.1 Å². The van der Waals surface area contributed by atoms with Crippen LogP contribution in [0.25, 0.3) is 0 Å². The standard InChI is InChI=1S/C20H21BN4O/c1-20(16-11-15(21)9-10-23-16)17(18(26)25(2)19(22)24-20)14-7-5-13(6-8-14)12-3-4-12/h5-12,17H,3-4H2,1-2H3,(H2,22,24)/t17-,20-/m1/s1. The van der Waals surface area contributed by atoms with Gasteiger partial charge in [0.1, 0.15) is 13.4 Å². The summed E-state index contributed by atoms with van der Waals surface area (Å²) in [5, 5.41) is 0. The van der Waals surface area contributed by atoms with Crippen LogP contribution in [0, 0.1) is 0 Å². The Hall–Kier alpha value is -2.63. The van der Waals surface area contributed by atoms with Crippen LogP contribution in [0.15, 0.2) is 47.6 Å². The fourth-order valence-corrected chi connectivity index (χ4v) is 3.70. The van der Waals surface area contributed by atoms with Crippen molar-refractivity contribution in [1.82, 2.24) is 9.88 Å². The molecule has 1 aromatic carbocycles. The normalized spacial score (nSPS) is 25.9. The molecule has 0 spiro atoms. The van der Waals surface area contributed by atoms with Gasteiger partial charge in [-0.1, -0.05) is 35.8 Å². The van der Waals surface area contributed by atoms with E-state index in [0.717, 1.165) is 5.56 Å². The Labute approximate surface area is 154 Å². The second-order valence-corrected chi connectivity index (χ2v) is 7.36. The molecular weight excluding hydrogens is 323 g/mol. The highest BCUT2D eigenvalue weighted by atomic mass is 16.2. The van der Waals surface area contributed by atoms with Crippen molar-refractivity contribution in [3.05, 3.63) is 59.4 Å². The van der Waals surface area contributed by atoms with Crippen LogP contribution in [0.1, 0.15) is 48.4 Å². The van der Waals surface area contributed by atoms with E-state index in [2.05, 4.69) is 22.1 Å². The van der Waals surface area contributed by atoms with Crippen molar-refractivity contribution in [3.8, 4) is 0 Å². The number of carbonyl (C=O) groups is 1. The summed E-state index contributed by atoms with van der Waals surface area (Å²) < 4.78 is 0. The smallest absolute Gasteiger partial charge is 0.239 e. The number of nitrogens with zero attached hydrogens (tertiary/aromatic N) is 3. The Morgan fingerprint density at radius 3 is 2.46 bits per heavy atom. The zero-order valence-corrected chi connectivity index (χ0v) is 15.0. The van der Waals surface area contributed by atoms with Crippen molar-refractivity contribution in [2.24, 2.45) is 10.7 Å². The number of aromatic nitrogens is 1. The van der Waals surface area contributed by atoms with Gasteiger partial charge in [-0.05, 0) is 42.9 Å². The molecular formula is C20H21BN4O. The zero-order valence-electron chi connectivity index (χ0n) is 15.0. The number of carbonyl (C=O) groups excluding carboxylic acids is 1. The molecule has 26 heavy (non-hydrogen) atoms. The summed E-state index contributed by atoms with van der Waals surface area (Å²) in [5.74, 6) is 0.253. The van der Waals surface area contributed by atoms with E-state index in [1.165, 1.54) is 23.3 Å². The van der Waals surface area contributed by atoms with Crippen molar-refractivity contribution in [2.45, 2.75) is 37.1 Å². The molecule has 1 amide bonds. The lowest BCUT2D eigenvalue weighted by molar-refractivity contribution is -0.130. The molecule has 5 nitrogen and oxygen atoms in total. The number of likely N-dealkylation sites (N-methyl/N-ethyl adjacent to an activating group) is 1. The largest absolute Gasteiger partial charge is 0.369 e. The highest BCUT2D eigenvalue weighted by Gasteiger charge is 2.48. The van der Waals surface area contributed by atoms with Gasteiger partial charge in [-0.3, -0.25) is 14.7 Å². The minimum Gasteiger partial charge on any atom is -0.369 e. The molecule has 2 N–H and O–H groups in total. The Kier molecular flexibility index (Phi) is 3.86. The number of hydrogen-bond donors (Lipinski definition) is 1. The fourth-order valence-electron chi connectivity index (χ4n) is 3.70. The van der Waals surface area contributed by atoms with E-state index in [0.29, 0.717) is 17.1 Å². The summed E-state index contributed by atoms with van der Waals surface area (Å²) in [7, 11) is 7.60. The van der Waals surface area contributed by atoms with Crippen molar-refractivity contribution in [1.29, 1.82) is 0 Å². The fraction of sp³-hybridized carbons (Fsp3) is 0.350. The minimum absolute atomic E-state index is 0.0941. The van der Waals surface area contributed by atoms with Crippen molar-refractivity contribution < 1.29 is 4.79 Å². The van der Waals surface area contributed by atoms with Crippen LogP contribution in [0.2, 0.25) is 0 Å². The molecule has 2 atom stereocenters. The number of hydrogen-bond acceptors (Lipinski definition) is 4.